The standard InChI is InChI=1S/C14H18ClN3O2/c1-18-9-11(7-17-18)14-10(4-5-19-14)6-16-8-12-2-3-13(15)20-12/h2-3,7,9-10,14,16H,4-6,8H2,1H3/t10-,14-/m1/s1. The molecule has 1 aliphatic rings. The quantitative estimate of drug-likeness (QED) is 0.921. The summed E-state index contributed by atoms with van der Waals surface area (Å²) in [6, 6.07) is 3.65. The third kappa shape index (κ3) is 3.06. The molecule has 6 heteroatoms. The van der Waals surface area contributed by atoms with E-state index in [-0.39, 0.29) is 6.10 Å². The maximum Gasteiger partial charge on any atom is 0.193 e. The minimum atomic E-state index is 0.136. The van der Waals surface area contributed by atoms with E-state index in [1.807, 2.05) is 30.2 Å². The Morgan fingerprint density at radius 2 is 2.40 bits per heavy atom. The van der Waals surface area contributed by atoms with Gasteiger partial charge in [-0.15, -0.1) is 0 Å². The Bertz CT molecular complexity index is 566. The zero-order valence-electron chi connectivity index (χ0n) is 11.4. The van der Waals surface area contributed by atoms with E-state index in [1.165, 1.54) is 0 Å². The second-order valence-electron chi connectivity index (χ2n) is 5.12. The van der Waals surface area contributed by atoms with Gasteiger partial charge in [-0.2, -0.15) is 5.10 Å². The van der Waals surface area contributed by atoms with Crippen LogP contribution in [-0.2, 0) is 18.3 Å². The molecule has 1 fully saturated rings. The molecule has 3 heterocycles. The zero-order valence-corrected chi connectivity index (χ0v) is 12.1. The van der Waals surface area contributed by atoms with E-state index in [2.05, 4.69) is 10.4 Å². The molecule has 0 aromatic carbocycles. The number of nitrogens with zero attached hydrogens (tertiary/aromatic N) is 2. The Morgan fingerprint density at radius 1 is 1.50 bits per heavy atom. The highest BCUT2D eigenvalue weighted by Crippen LogP contribution is 2.33. The summed E-state index contributed by atoms with van der Waals surface area (Å²) < 4.78 is 13.0. The van der Waals surface area contributed by atoms with E-state index < -0.39 is 0 Å². The van der Waals surface area contributed by atoms with Gasteiger partial charge in [0, 0.05) is 37.9 Å². The molecule has 2 atom stereocenters. The summed E-state index contributed by atoms with van der Waals surface area (Å²) in [4.78, 5) is 0. The maximum absolute atomic E-state index is 5.83. The molecule has 5 nitrogen and oxygen atoms in total. The Morgan fingerprint density at radius 3 is 3.10 bits per heavy atom. The second kappa shape index (κ2) is 5.99. The molecule has 1 N–H and O–H groups in total. The largest absolute Gasteiger partial charge is 0.448 e. The van der Waals surface area contributed by atoms with Gasteiger partial charge in [0.2, 0.25) is 0 Å². The molecular formula is C14H18ClN3O2. The van der Waals surface area contributed by atoms with Crippen LogP contribution in [0.2, 0.25) is 5.22 Å². The molecule has 3 rings (SSSR count). The van der Waals surface area contributed by atoms with Crippen LogP contribution in [0.5, 0.6) is 0 Å². The van der Waals surface area contributed by atoms with Crippen LogP contribution >= 0.6 is 11.6 Å². The fourth-order valence-corrected chi connectivity index (χ4v) is 2.79. The molecular weight excluding hydrogens is 278 g/mol. The zero-order chi connectivity index (χ0) is 13.9. The highest BCUT2D eigenvalue weighted by atomic mass is 35.5. The van der Waals surface area contributed by atoms with E-state index in [0.717, 1.165) is 30.9 Å². The van der Waals surface area contributed by atoms with Crippen molar-refractivity contribution in [3.8, 4) is 0 Å². The molecule has 2 aromatic heterocycles. The Kier molecular flexibility index (Phi) is 4.10. The Hall–Kier alpha value is -1.30. The molecule has 0 bridgehead atoms. The lowest BCUT2D eigenvalue weighted by Crippen LogP contribution is -2.24. The van der Waals surface area contributed by atoms with Crippen LogP contribution in [0.1, 0.15) is 23.8 Å². The van der Waals surface area contributed by atoms with Gasteiger partial charge < -0.3 is 14.5 Å². The van der Waals surface area contributed by atoms with Crippen molar-refractivity contribution in [2.24, 2.45) is 13.0 Å². The number of aromatic nitrogens is 2. The predicted octanol–water partition coefficient (Wildman–Crippen LogP) is 2.53. The number of furan rings is 1. The predicted molar refractivity (Wildman–Crippen MR) is 75.4 cm³/mol. The third-order valence-electron chi connectivity index (χ3n) is 3.60. The molecule has 1 saturated heterocycles. The summed E-state index contributed by atoms with van der Waals surface area (Å²) in [5.41, 5.74) is 1.15. The van der Waals surface area contributed by atoms with Gasteiger partial charge in [0.15, 0.2) is 5.22 Å². The van der Waals surface area contributed by atoms with Crippen LogP contribution in [0.15, 0.2) is 28.9 Å². The Balaban J connectivity index is 1.54. The molecule has 0 saturated carbocycles. The van der Waals surface area contributed by atoms with Crippen LogP contribution in [0.4, 0.5) is 0 Å². The number of halogens is 1. The van der Waals surface area contributed by atoms with E-state index in [0.29, 0.717) is 17.7 Å². The SMILES string of the molecule is Cn1cc([C@@H]2OCC[C@@H]2CNCc2ccc(Cl)o2)cn1. The van der Waals surface area contributed by atoms with Gasteiger partial charge in [-0.1, -0.05) is 0 Å². The highest BCUT2D eigenvalue weighted by Gasteiger charge is 2.30. The average Bonchev–Trinajstić information content (AvgIpc) is 3.11. The van der Waals surface area contributed by atoms with E-state index in [1.54, 1.807) is 6.07 Å². The topological polar surface area (TPSA) is 52.2 Å². The lowest BCUT2D eigenvalue weighted by molar-refractivity contribution is 0.0903. The summed E-state index contributed by atoms with van der Waals surface area (Å²) >= 11 is 5.75. The molecule has 20 heavy (non-hydrogen) atoms. The van der Waals surface area contributed by atoms with Crippen molar-refractivity contribution in [1.82, 2.24) is 15.1 Å². The molecule has 0 unspecified atom stereocenters. The lowest BCUT2D eigenvalue weighted by atomic mass is 9.97. The van der Waals surface area contributed by atoms with Crippen LogP contribution in [-0.4, -0.2) is 22.9 Å². The molecule has 0 radical (unpaired) electrons. The minimum absolute atomic E-state index is 0.136. The first-order valence-corrected chi connectivity index (χ1v) is 7.15. The van der Waals surface area contributed by atoms with Gasteiger partial charge in [0.05, 0.1) is 18.8 Å². The average molecular weight is 296 g/mol. The van der Waals surface area contributed by atoms with Crippen molar-refractivity contribution in [3.05, 3.63) is 41.1 Å². The molecule has 0 amide bonds. The number of hydrogen-bond acceptors (Lipinski definition) is 4. The summed E-state index contributed by atoms with van der Waals surface area (Å²) in [5, 5.41) is 8.05. The second-order valence-corrected chi connectivity index (χ2v) is 5.50. The summed E-state index contributed by atoms with van der Waals surface area (Å²) in [6.07, 6.45) is 5.10. The fourth-order valence-electron chi connectivity index (χ4n) is 2.63. The first kappa shape index (κ1) is 13.7. The minimum Gasteiger partial charge on any atom is -0.448 e. The van der Waals surface area contributed by atoms with Gasteiger partial charge >= 0.3 is 0 Å². The van der Waals surface area contributed by atoms with Crippen LogP contribution in [0, 0.1) is 5.92 Å². The fraction of sp³-hybridized carbons (Fsp3) is 0.500. The maximum atomic E-state index is 5.83. The summed E-state index contributed by atoms with van der Waals surface area (Å²) in [5.74, 6) is 1.32. The van der Waals surface area contributed by atoms with Crippen molar-refractivity contribution in [2.75, 3.05) is 13.2 Å². The van der Waals surface area contributed by atoms with E-state index in [4.69, 9.17) is 20.8 Å². The molecule has 1 aliphatic heterocycles. The molecule has 2 aromatic rings. The third-order valence-corrected chi connectivity index (χ3v) is 3.81. The van der Waals surface area contributed by atoms with Gasteiger partial charge in [0.25, 0.3) is 0 Å². The van der Waals surface area contributed by atoms with E-state index >= 15 is 0 Å². The van der Waals surface area contributed by atoms with Crippen LogP contribution in [0.25, 0.3) is 0 Å². The lowest BCUT2D eigenvalue weighted by Gasteiger charge is -2.17. The molecule has 0 spiro atoms. The summed E-state index contributed by atoms with van der Waals surface area (Å²) in [7, 11) is 1.92. The first-order valence-electron chi connectivity index (χ1n) is 6.77. The highest BCUT2D eigenvalue weighted by molar-refractivity contribution is 6.28. The van der Waals surface area contributed by atoms with Gasteiger partial charge in [0.1, 0.15) is 5.76 Å². The number of ether oxygens (including phenoxy) is 1. The Labute approximate surface area is 122 Å². The number of aryl methyl sites for hydroxylation is 1. The van der Waals surface area contributed by atoms with Gasteiger partial charge in [-0.05, 0) is 30.2 Å². The smallest absolute Gasteiger partial charge is 0.193 e. The van der Waals surface area contributed by atoms with Crippen molar-refractivity contribution in [2.45, 2.75) is 19.1 Å². The normalized spacial score (nSPS) is 22.5. The van der Waals surface area contributed by atoms with Gasteiger partial charge in [-0.3, -0.25) is 4.68 Å². The number of nitrogens with one attached hydrogen (secondary N) is 1. The van der Waals surface area contributed by atoms with Crippen molar-refractivity contribution >= 4 is 11.6 Å². The summed E-state index contributed by atoms with van der Waals surface area (Å²) in [6.45, 7) is 2.37. The van der Waals surface area contributed by atoms with Gasteiger partial charge in [-0.25, -0.2) is 0 Å². The van der Waals surface area contributed by atoms with Crippen LogP contribution < -0.4 is 5.32 Å². The number of hydrogen-bond donors (Lipinski definition) is 1. The van der Waals surface area contributed by atoms with Crippen LogP contribution in [0.3, 0.4) is 0 Å². The van der Waals surface area contributed by atoms with Crippen molar-refractivity contribution in [3.63, 3.8) is 0 Å². The number of rotatable bonds is 5. The molecule has 0 aliphatic carbocycles. The monoisotopic (exact) mass is 295 g/mol. The van der Waals surface area contributed by atoms with Crippen molar-refractivity contribution < 1.29 is 9.15 Å². The van der Waals surface area contributed by atoms with E-state index in [9.17, 15) is 0 Å². The molecule has 108 valence electrons. The van der Waals surface area contributed by atoms with Crippen molar-refractivity contribution in [1.29, 1.82) is 0 Å². The first-order chi connectivity index (χ1) is 9.72.